The van der Waals surface area contributed by atoms with E-state index in [4.69, 9.17) is 9.72 Å². The van der Waals surface area contributed by atoms with Gasteiger partial charge < -0.3 is 9.64 Å². The first kappa shape index (κ1) is 20.7. The van der Waals surface area contributed by atoms with E-state index in [0.717, 1.165) is 39.1 Å². The fourth-order valence-electron chi connectivity index (χ4n) is 3.21. The minimum atomic E-state index is -0.105. The van der Waals surface area contributed by atoms with Crippen molar-refractivity contribution in [2.45, 2.75) is 13.3 Å². The number of aromatic nitrogens is 2. The van der Waals surface area contributed by atoms with Gasteiger partial charge >= 0.3 is 0 Å². The lowest BCUT2D eigenvalue weighted by Crippen LogP contribution is -2.33. The number of carbonyl (C=O) groups excluding carboxylic acids is 1. The molecule has 4 rings (SSSR count). The van der Waals surface area contributed by atoms with Gasteiger partial charge in [-0.15, -0.1) is 11.3 Å². The molecule has 0 spiro atoms. The fourth-order valence-corrected chi connectivity index (χ4v) is 5.13. The van der Waals surface area contributed by atoms with Crippen molar-refractivity contribution in [2.75, 3.05) is 38.7 Å². The summed E-state index contributed by atoms with van der Waals surface area (Å²) in [6.07, 6.45) is 0.845. The molecular weight excluding hydrogens is 416 g/mol. The van der Waals surface area contributed by atoms with E-state index >= 15 is 0 Å². The Morgan fingerprint density at radius 2 is 1.80 bits per heavy atom. The lowest BCUT2D eigenvalue weighted by molar-refractivity contribution is 0.0986. The Morgan fingerprint density at radius 1 is 1.00 bits per heavy atom. The van der Waals surface area contributed by atoms with Gasteiger partial charge in [0.15, 0.2) is 10.1 Å². The predicted molar refractivity (Wildman–Crippen MR) is 125 cm³/mol. The largest absolute Gasteiger partial charge is 0.492 e. The highest BCUT2D eigenvalue weighted by Crippen LogP contribution is 2.35. The topological polar surface area (TPSA) is 58.6 Å². The smallest absolute Gasteiger partial charge is 0.289 e. The summed E-state index contributed by atoms with van der Waals surface area (Å²) in [5, 5.41) is 1.17. The van der Waals surface area contributed by atoms with Crippen LogP contribution in [0.4, 0.5) is 5.13 Å². The van der Waals surface area contributed by atoms with Crippen LogP contribution in [0.25, 0.3) is 20.4 Å². The monoisotopic (exact) mass is 440 g/mol. The number of thiazole rings is 2. The van der Waals surface area contributed by atoms with Gasteiger partial charge in [-0.1, -0.05) is 29.5 Å². The molecule has 1 amide bonds. The third-order valence-corrected chi connectivity index (χ3v) is 6.68. The van der Waals surface area contributed by atoms with Crippen LogP contribution < -0.4 is 9.64 Å². The van der Waals surface area contributed by atoms with Crippen molar-refractivity contribution in [2.24, 2.45) is 0 Å². The maximum absolute atomic E-state index is 13.5. The van der Waals surface area contributed by atoms with Gasteiger partial charge in [0, 0.05) is 6.54 Å². The van der Waals surface area contributed by atoms with E-state index in [1.165, 1.54) is 22.7 Å². The number of amides is 1. The molecule has 2 aromatic carbocycles. The molecule has 0 saturated carbocycles. The van der Waals surface area contributed by atoms with Crippen LogP contribution in [0.1, 0.15) is 23.1 Å². The van der Waals surface area contributed by atoms with Gasteiger partial charge in [0.25, 0.3) is 5.91 Å². The van der Waals surface area contributed by atoms with Crippen molar-refractivity contribution in [3.63, 3.8) is 0 Å². The quantitative estimate of drug-likeness (QED) is 0.390. The highest BCUT2D eigenvalue weighted by molar-refractivity contribution is 7.23. The van der Waals surface area contributed by atoms with Gasteiger partial charge in [-0.3, -0.25) is 9.69 Å². The lowest BCUT2D eigenvalue weighted by atomic mass is 10.3. The van der Waals surface area contributed by atoms with Gasteiger partial charge in [0.05, 0.1) is 21.5 Å². The number of anilines is 1. The summed E-state index contributed by atoms with van der Waals surface area (Å²) in [6, 6.07) is 13.7. The van der Waals surface area contributed by atoms with Crippen molar-refractivity contribution in [1.29, 1.82) is 0 Å². The maximum Gasteiger partial charge on any atom is 0.289 e. The number of para-hydroxylation sites is 2. The van der Waals surface area contributed by atoms with E-state index < -0.39 is 0 Å². The SMILES string of the molecule is CCOc1cccc2sc(N(CCCN(C)C)C(=O)c3nc4ccccc4s3)nc12. The number of hydrogen-bond acceptors (Lipinski definition) is 7. The van der Waals surface area contributed by atoms with E-state index in [2.05, 4.69) is 9.88 Å². The van der Waals surface area contributed by atoms with Crippen LogP contribution in [0.2, 0.25) is 0 Å². The Hall–Kier alpha value is -2.55. The Kier molecular flexibility index (Phi) is 6.26. The molecule has 2 aromatic heterocycles. The van der Waals surface area contributed by atoms with Crippen molar-refractivity contribution in [1.82, 2.24) is 14.9 Å². The van der Waals surface area contributed by atoms with E-state index in [1.54, 1.807) is 4.90 Å². The highest BCUT2D eigenvalue weighted by atomic mass is 32.1. The van der Waals surface area contributed by atoms with Gasteiger partial charge in [-0.25, -0.2) is 9.97 Å². The summed E-state index contributed by atoms with van der Waals surface area (Å²) in [5.74, 6) is 0.644. The second-order valence-electron chi connectivity index (χ2n) is 7.13. The van der Waals surface area contributed by atoms with Gasteiger partial charge in [-0.05, 0) is 58.3 Å². The Labute approximate surface area is 183 Å². The van der Waals surface area contributed by atoms with Crippen LogP contribution in [-0.4, -0.2) is 54.6 Å². The summed E-state index contributed by atoms with van der Waals surface area (Å²) in [7, 11) is 4.07. The molecule has 0 unspecified atom stereocenters. The zero-order valence-corrected chi connectivity index (χ0v) is 18.9. The minimum absolute atomic E-state index is 0.105. The zero-order chi connectivity index (χ0) is 21.1. The first-order valence-corrected chi connectivity index (χ1v) is 11.5. The van der Waals surface area contributed by atoms with Crippen LogP contribution in [0.15, 0.2) is 42.5 Å². The number of hydrogen-bond donors (Lipinski definition) is 0. The Morgan fingerprint density at radius 3 is 2.57 bits per heavy atom. The van der Waals surface area contributed by atoms with Crippen molar-refractivity contribution in [3.05, 3.63) is 47.5 Å². The lowest BCUT2D eigenvalue weighted by Gasteiger charge is -2.19. The van der Waals surface area contributed by atoms with E-state index in [-0.39, 0.29) is 5.91 Å². The van der Waals surface area contributed by atoms with Gasteiger partial charge in [0.1, 0.15) is 11.3 Å². The molecule has 8 heteroatoms. The minimum Gasteiger partial charge on any atom is -0.492 e. The van der Waals surface area contributed by atoms with Crippen LogP contribution >= 0.6 is 22.7 Å². The normalized spacial score (nSPS) is 11.5. The summed E-state index contributed by atoms with van der Waals surface area (Å²) >= 11 is 2.94. The van der Waals surface area contributed by atoms with Gasteiger partial charge in [-0.2, -0.15) is 0 Å². The first-order valence-electron chi connectivity index (χ1n) is 9.91. The fraction of sp³-hybridized carbons (Fsp3) is 0.318. The number of carbonyl (C=O) groups is 1. The first-order chi connectivity index (χ1) is 14.6. The van der Waals surface area contributed by atoms with Crippen LogP contribution in [0, 0.1) is 0 Å². The average Bonchev–Trinajstić information content (AvgIpc) is 3.35. The zero-order valence-electron chi connectivity index (χ0n) is 17.3. The third kappa shape index (κ3) is 4.30. The van der Waals surface area contributed by atoms with Gasteiger partial charge in [0.2, 0.25) is 0 Å². The number of nitrogens with zero attached hydrogens (tertiary/aromatic N) is 4. The second kappa shape index (κ2) is 9.07. The molecule has 2 heterocycles. The molecule has 0 aliphatic heterocycles. The molecule has 0 aliphatic rings. The van der Waals surface area contributed by atoms with E-state index in [0.29, 0.717) is 23.3 Å². The summed E-state index contributed by atoms with van der Waals surface area (Å²) in [6.45, 7) is 3.99. The summed E-state index contributed by atoms with van der Waals surface area (Å²) < 4.78 is 7.75. The predicted octanol–water partition coefficient (Wildman–Crippen LogP) is 4.90. The maximum atomic E-state index is 13.5. The van der Waals surface area contributed by atoms with E-state index in [9.17, 15) is 4.79 Å². The van der Waals surface area contributed by atoms with Crippen molar-refractivity contribution < 1.29 is 9.53 Å². The molecule has 0 saturated heterocycles. The Balaban J connectivity index is 1.71. The van der Waals surface area contributed by atoms with Crippen LogP contribution in [-0.2, 0) is 0 Å². The van der Waals surface area contributed by atoms with Crippen molar-refractivity contribution >= 4 is 54.1 Å². The van der Waals surface area contributed by atoms with Crippen molar-refractivity contribution in [3.8, 4) is 5.75 Å². The summed E-state index contributed by atoms with van der Waals surface area (Å²) in [4.78, 5) is 26.7. The molecular formula is C22H24N4O2S2. The molecule has 0 aliphatic carbocycles. The molecule has 156 valence electrons. The molecule has 6 nitrogen and oxygen atoms in total. The van der Waals surface area contributed by atoms with E-state index in [1.807, 2.05) is 63.5 Å². The molecule has 4 aromatic rings. The molecule has 0 radical (unpaired) electrons. The van der Waals surface area contributed by atoms with Crippen LogP contribution in [0.5, 0.6) is 5.75 Å². The molecule has 0 fully saturated rings. The molecule has 0 bridgehead atoms. The average molecular weight is 441 g/mol. The second-order valence-corrected chi connectivity index (χ2v) is 9.17. The third-order valence-electron chi connectivity index (χ3n) is 4.61. The number of rotatable bonds is 8. The molecule has 0 N–H and O–H groups in total. The molecule has 30 heavy (non-hydrogen) atoms. The molecule has 0 atom stereocenters. The number of fused-ring (bicyclic) bond motifs is 2. The highest BCUT2D eigenvalue weighted by Gasteiger charge is 2.24. The number of benzene rings is 2. The standard InChI is InChI=1S/C22H24N4O2S2/c1-4-28-16-10-7-12-18-19(16)24-22(30-18)26(14-8-13-25(2)3)21(27)20-23-15-9-5-6-11-17(15)29-20/h5-7,9-12H,4,8,13-14H2,1-3H3. The Bertz CT molecular complexity index is 1140. The number of ether oxygens (including phenoxy) is 1. The summed E-state index contributed by atoms with van der Waals surface area (Å²) in [5.41, 5.74) is 1.65. The van der Waals surface area contributed by atoms with Crippen LogP contribution in [0.3, 0.4) is 0 Å².